The fraction of sp³-hybridized carbons (Fsp3) is 1.00. The molecule has 2 saturated carbocycles. The van der Waals surface area contributed by atoms with Gasteiger partial charge in [-0.2, -0.15) is 0 Å². The molecule has 106 valence electrons. The lowest BCUT2D eigenvalue weighted by Crippen LogP contribution is -2.35. The van der Waals surface area contributed by atoms with Crippen molar-refractivity contribution in [3.05, 3.63) is 0 Å². The summed E-state index contributed by atoms with van der Waals surface area (Å²) >= 11 is 0. The maximum Gasteiger partial charge on any atom is 0.000813 e. The lowest BCUT2D eigenvalue weighted by molar-refractivity contribution is 0.216. The van der Waals surface area contributed by atoms with Crippen molar-refractivity contribution in [2.45, 2.75) is 66.2 Å². The van der Waals surface area contributed by atoms with Crippen LogP contribution in [0.4, 0.5) is 0 Å². The first-order valence-corrected chi connectivity index (χ1v) is 8.21. The lowest BCUT2D eigenvalue weighted by Gasteiger charge is -2.32. The Morgan fingerprint density at radius 3 is 2.28 bits per heavy atom. The Morgan fingerprint density at radius 2 is 1.72 bits per heavy atom. The zero-order valence-corrected chi connectivity index (χ0v) is 13.0. The first-order chi connectivity index (χ1) is 8.51. The smallest absolute Gasteiger partial charge is 0.000813 e. The molecule has 1 heteroatoms. The van der Waals surface area contributed by atoms with E-state index in [0.29, 0.717) is 5.41 Å². The minimum Gasteiger partial charge on any atom is -0.316 e. The summed E-state index contributed by atoms with van der Waals surface area (Å²) in [4.78, 5) is 0. The van der Waals surface area contributed by atoms with Gasteiger partial charge in [-0.15, -0.1) is 0 Å². The molecule has 2 aliphatic rings. The third kappa shape index (κ3) is 3.98. The van der Waals surface area contributed by atoms with Gasteiger partial charge < -0.3 is 5.32 Å². The first kappa shape index (κ1) is 14.4. The van der Waals surface area contributed by atoms with E-state index >= 15 is 0 Å². The number of rotatable bonds is 8. The summed E-state index contributed by atoms with van der Waals surface area (Å²) in [7, 11) is 0. The molecule has 1 N–H and O–H groups in total. The molecular formula is C17H33N. The second-order valence-electron chi connectivity index (χ2n) is 7.97. The quantitative estimate of drug-likeness (QED) is 0.671. The van der Waals surface area contributed by atoms with E-state index in [-0.39, 0.29) is 0 Å². The summed E-state index contributed by atoms with van der Waals surface area (Å²) in [5.74, 6) is 3.89. The molecule has 2 atom stereocenters. The summed E-state index contributed by atoms with van der Waals surface area (Å²) in [6, 6.07) is 0. The normalized spacial score (nSPS) is 34.3. The molecule has 0 spiro atoms. The highest BCUT2D eigenvalue weighted by Crippen LogP contribution is 2.61. The van der Waals surface area contributed by atoms with E-state index in [1.807, 2.05) is 0 Å². The summed E-state index contributed by atoms with van der Waals surface area (Å²) in [5, 5.41) is 3.75. The Labute approximate surface area is 114 Å². The molecule has 2 rings (SSSR count). The third-order valence-electron chi connectivity index (χ3n) is 5.00. The van der Waals surface area contributed by atoms with Gasteiger partial charge >= 0.3 is 0 Å². The molecule has 0 aromatic carbocycles. The fourth-order valence-electron chi connectivity index (χ4n) is 3.95. The summed E-state index contributed by atoms with van der Waals surface area (Å²) < 4.78 is 0. The molecule has 0 amide bonds. The predicted molar refractivity (Wildman–Crippen MR) is 79.7 cm³/mol. The number of hydrogen-bond acceptors (Lipinski definition) is 1. The Balaban J connectivity index is 1.76. The van der Waals surface area contributed by atoms with Gasteiger partial charge in [-0.1, -0.05) is 40.5 Å². The minimum atomic E-state index is 0.678. The molecule has 0 aromatic rings. The topological polar surface area (TPSA) is 12.0 Å². The van der Waals surface area contributed by atoms with Crippen LogP contribution in [0.5, 0.6) is 0 Å². The molecule has 0 bridgehead atoms. The predicted octanol–water partition coefficient (Wildman–Crippen LogP) is 4.47. The standard InChI is InChI=1S/C17H33N/c1-13(2)6-5-7-17(12-18-11-14(3)4)9-15-8-16(15)10-17/h13-16,18H,5-12H2,1-4H3. The van der Waals surface area contributed by atoms with E-state index in [1.165, 1.54) is 45.2 Å². The monoisotopic (exact) mass is 251 g/mol. The van der Waals surface area contributed by atoms with E-state index in [9.17, 15) is 0 Å². The summed E-state index contributed by atoms with van der Waals surface area (Å²) in [5.41, 5.74) is 0.678. The van der Waals surface area contributed by atoms with E-state index in [4.69, 9.17) is 0 Å². The van der Waals surface area contributed by atoms with Gasteiger partial charge in [-0.25, -0.2) is 0 Å². The molecular weight excluding hydrogens is 218 g/mol. The van der Waals surface area contributed by atoms with E-state index < -0.39 is 0 Å². The zero-order valence-electron chi connectivity index (χ0n) is 13.0. The van der Waals surface area contributed by atoms with Crippen LogP contribution >= 0.6 is 0 Å². The maximum atomic E-state index is 3.75. The van der Waals surface area contributed by atoms with Crippen molar-refractivity contribution >= 4 is 0 Å². The van der Waals surface area contributed by atoms with Crippen molar-refractivity contribution in [2.24, 2.45) is 29.1 Å². The van der Waals surface area contributed by atoms with Gasteiger partial charge in [0.25, 0.3) is 0 Å². The van der Waals surface area contributed by atoms with Crippen molar-refractivity contribution < 1.29 is 0 Å². The molecule has 1 nitrogen and oxygen atoms in total. The highest BCUT2D eigenvalue weighted by atomic mass is 14.9. The van der Waals surface area contributed by atoms with Gasteiger partial charge in [-0.05, 0) is 61.3 Å². The Morgan fingerprint density at radius 1 is 1.06 bits per heavy atom. The molecule has 0 radical (unpaired) electrons. The molecule has 2 unspecified atom stereocenters. The van der Waals surface area contributed by atoms with E-state index in [0.717, 1.165) is 23.7 Å². The van der Waals surface area contributed by atoms with Crippen LogP contribution in [0.1, 0.15) is 66.2 Å². The Kier molecular flexibility index (Phi) is 4.75. The minimum absolute atomic E-state index is 0.678. The third-order valence-corrected chi connectivity index (χ3v) is 5.00. The second kappa shape index (κ2) is 5.94. The van der Waals surface area contributed by atoms with Gasteiger partial charge in [0.2, 0.25) is 0 Å². The average molecular weight is 251 g/mol. The van der Waals surface area contributed by atoms with Crippen molar-refractivity contribution in [3.8, 4) is 0 Å². The fourth-order valence-corrected chi connectivity index (χ4v) is 3.95. The Bertz CT molecular complexity index is 230. The van der Waals surface area contributed by atoms with Crippen molar-refractivity contribution in [2.75, 3.05) is 13.1 Å². The van der Waals surface area contributed by atoms with Crippen molar-refractivity contribution in [1.29, 1.82) is 0 Å². The lowest BCUT2D eigenvalue weighted by atomic mass is 9.77. The van der Waals surface area contributed by atoms with Gasteiger partial charge in [0, 0.05) is 6.54 Å². The molecule has 0 aromatic heterocycles. The SMILES string of the molecule is CC(C)CCCC1(CNCC(C)C)CC2CC2C1. The largest absolute Gasteiger partial charge is 0.316 e. The number of fused-ring (bicyclic) bond motifs is 1. The van der Waals surface area contributed by atoms with Crippen LogP contribution in [-0.4, -0.2) is 13.1 Å². The van der Waals surface area contributed by atoms with Crippen LogP contribution < -0.4 is 5.32 Å². The average Bonchev–Trinajstić information content (AvgIpc) is 2.86. The first-order valence-electron chi connectivity index (χ1n) is 8.21. The van der Waals surface area contributed by atoms with Crippen LogP contribution in [-0.2, 0) is 0 Å². The highest BCUT2D eigenvalue weighted by Gasteiger charge is 2.52. The zero-order chi connectivity index (χ0) is 13.2. The second-order valence-corrected chi connectivity index (χ2v) is 7.97. The number of hydrogen-bond donors (Lipinski definition) is 1. The van der Waals surface area contributed by atoms with Gasteiger partial charge in [0.05, 0.1) is 0 Å². The van der Waals surface area contributed by atoms with Crippen LogP contribution in [0.2, 0.25) is 0 Å². The van der Waals surface area contributed by atoms with Crippen LogP contribution in [0.15, 0.2) is 0 Å². The molecule has 18 heavy (non-hydrogen) atoms. The summed E-state index contributed by atoms with van der Waals surface area (Å²) in [6.07, 6.45) is 8.95. The van der Waals surface area contributed by atoms with E-state index in [1.54, 1.807) is 6.42 Å². The van der Waals surface area contributed by atoms with Crippen LogP contribution in [0.3, 0.4) is 0 Å². The van der Waals surface area contributed by atoms with Crippen LogP contribution in [0.25, 0.3) is 0 Å². The molecule has 0 aliphatic heterocycles. The maximum absolute atomic E-state index is 3.75. The molecule has 2 fully saturated rings. The van der Waals surface area contributed by atoms with Gasteiger partial charge in [0.1, 0.15) is 0 Å². The number of nitrogens with one attached hydrogen (secondary N) is 1. The molecule has 0 heterocycles. The molecule has 2 aliphatic carbocycles. The van der Waals surface area contributed by atoms with Crippen LogP contribution in [0, 0.1) is 29.1 Å². The highest BCUT2D eigenvalue weighted by molar-refractivity contribution is 5.04. The summed E-state index contributed by atoms with van der Waals surface area (Å²) in [6.45, 7) is 11.8. The van der Waals surface area contributed by atoms with Gasteiger partial charge in [0.15, 0.2) is 0 Å². The van der Waals surface area contributed by atoms with Crippen molar-refractivity contribution in [1.82, 2.24) is 5.32 Å². The van der Waals surface area contributed by atoms with Crippen molar-refractivity contribution in [3.63, 3.8) is 0 Å². The van der Waals surface area contributed by atoms with Gasteiger partial charge in [-0.3, -0.25) is 0 Å². The Hall–Kier alpha value is -0.0400. The molecule has 0 saturated heterocycles. The van der Waals surface area contributed by atoms with E-state index in [2.05, 4.69) is 33.0 Å².